The zero-order valence-corrected chi connectivity index (χ0v) is 15.2. The van der Waals surface area contributed by atoms with Gasteiger partial charge in [0.2, 0.25) is 15.9 Å². The Morgan fingerprint density at radius 1 is 1.39 bits per heavy atom. The molecule has 1 aliphatic heterocycles. The molecule has 0 bridgehead atoms. The van der Waals surface area contributed by atoms with Crippen LogP contribution in [0, 0.1) is 5.92 Å². The van der Waals surface area contributed by atoms with Gasteiger partial charge in [0.25, 0.3) is 0 Å². The highest BCUT2D eigenvalue weighted by atomic mass is 35.5. The van der Waals surface area contributed by atoms with Crippen molar-refractivity contribution >= 4 is 39.1 Å². The molecule has 0 aromatic heterocycles. The Morgan fingerprint density at radius 2 is 2.13 bits per heavy atom. The predicted octanol–water partition coefficient (Wildman–Crippen LogP) is 2.32. The third kappa shape index (κ3) is 5.08. The van der Waals surface area contributed by atoms with Gasteiger partial charge in [0.1, 0.15) is 0 Å². The van der Waals surface area contributed by atoms with E-state index in [0.29, 0.717) is 42.4 Å². The Morgan fingerprint density at radius 3 is 2.83 bits per heavy atom. The summed E-state index contributed by atoms with van der Waals surface area (Å²) in [6.45, 7) is 1.18. The molecule has 1 atom stereocenters. The fourth-order valence-electron chi connectivity index (χ4n) is 2.66. The molecule has 1 fully saturated rings. The normalized spacial score (nSPS) is 19.5. The van der Waals surface area contributed by atoms with Crippen molar-refractivity contribution in [2.45, 2.75) is 19.3 Å². The number of nitrogens with zero attached hydrogens (tertiary/aromatic N) is 1. The maximum absolute atomic E-state index is 12.2. The minimum atomic E-state index is -3.24. The molecule has 1 amide bonds. The van der Waals surface area contributed by atoms with Crippen LogP contribution in [0.4, 0.5) is 0 Å². The van der Waals surface area contributed by atoms with Gasteiger partial charge >= 0.3 is 0 Å². The number of sulfonamides is 1. The number of carbonyl (C=O) groups is 1. The van der Waals surface area contributed by atoms with Crippen LogP contribution in [0.1, 0.15) is 18.4 Å². The monoisotopic (exact) mass is 378 g/mol. The minimum Gasteiger partial charge on any atom is -0.355 e. The van der Waals surface area contributed by atoms with E-state index in [9.17, 15) is 13.2 Å². The SMILES string of the molecule is CS(=O)(=O)N1CCCC(C(=O)NCCc2cccc(Cl)c2Cl)C1. The number of hydrogen-bond acceptors (Lipinski definition) is 3. The number of nitrogens with one attached hydrogen (secondary N) is 1. The van der Waals surface area contributed by atoms with Gasteiger partial charge in [0.05, 0.1) is 22.2 Å². The zero-order valence-electron chi connectivity index (χ0n) is 12.9. The van der Waals surface area contributed by atoms with Crippen molar-refractivity contribution in [2.24, 2.45) is 5.92 Å². The first kappa shape index (κ1) is 18.5. The molecule has 1 aliphatic rings. The highest BCUT2D eigenvalue weighted by Crippen LogP contribution is 2.25. The van der Waals surface area contributed by atoms with Gasteiger partial charge in [-0.3, -0.25) is 4.79 Å². The smallest absolute Gasteiger partial charge is 0.224 e. The third-order valence-electron chi connectivity index (χ3n) is 3.95. The van der Waals surface area contributed by atoms with E-state index in [4.69, 9.17) is 23.2 Å². The fourth-order valence-corrected chi connectivity index (χ4v) is 3.99. The highest BCUT2D eigenvalue weighted by Gasteiger charge is 2.29. The van der Waals surface area contributed by atoms with Gasteiger partial charge in [-0.1, -0.05) is 35.3 Å². The van der Waals surface area contributed by atoms with Crippen molar-refractivity contribution in [3.8, 4) is 0 Å². The zero-order chi connectivity index (χ0) is 17.0. The van der Waals surface area contributed by atoms with Gasteiger partial charge in [-0.25, -0.2) is 12.7 Å². The molecular weight excluding hydrogens is 359 g/mol. The lowest BCUT2D eigenvalue weighted by Crippen LogP contribution is -2.45. The summed E-state index contributed by atoms with van der Waals surface area (Å²) in [6, 6.07) is 5.40. The summed E-state index contributed by atoms with van der Waals surface area (Å²) in [5.41, 5.74) is 0.876. The first-order chi connectivity index (χ1) is 10.8. The van der Waals surface area contributed by atoms with Crippen molar-refractivity contribution < 1.29 is 13.2 Å². The molecule has 1 heterocycles. The molecule has 0 radical (unpaired) electrons. The van der Waals surface area contributed by atoms with E-state index in [-0.39, 0.29) is 18.4 Å². The van der Waals surface area contributed by atoms with E-state index >= 15 is 0 Å². The number of amides is 1. The molecule has 1 N–H and O–H groups in total. The standard InChI is InChI=1S/C15H20Cl2N2O3S/c1-23(21,22)19-9-3-5-12(10-19)15(20)18-8-7-11-4-2-6-13(16)14(11)17/h2,4,6,12H,3,5,7-10H2,1H3,(H,18,20). The highest BCUT2D eigenvalue weighted by molar-refractivity contribution is 7.88. The summed E-state index contributed by atoms with van der Waals surface area (Å²) in [4.78, 5) is 12.2. The lowest BCUT2D eigenvalue weighted by molar-refractivity contribution is -0.126. The number of rotatable bonds is 5. The lowest BCUT2D eigenvalue weighted by atomic mass is 9.99. The van der Waals surface area contributed by atoms with Crippen molar-refractivity contribution in [3.63, 3.8) is 0 Å². The van der Waals surface area contributed by atoms with Crippen LogP contribution >= 0.6 is 23.2 Å². The predicted molar refractivity (Wildman–Crippen MR) is 92.3 cm³/mol. The van der Waals surface area contributed by atoms with Crippen molar-refractivity contribution in [1.29, 1.82) is 0 Å². The first-order valence-electron chi connectivity index (χ1n) is 7.44. The third-order valence-corrected chi connectivity index (χ3v) is 6.08. The summed E-state index contributed by atoms with van der Waals surface area (Å²) in [6.07, 6.45) is 3.16. The number of hydrogen-bond donors (Lipinski definition) is 1. The van der Waals surface area contributed by atoms with Crippen LogP contribution in [0.25, 0.3) is 0 Å². The maximum atomic E-state index is 12.2. The Balaban J connectivity index is 1.86. The summed E-state index contributed by atoms with van der Waals surface area (Å²) < 4.78 is 24.5. The number of halogens is 2. The molecule has 0 aliphatic carbocycles. The van der Waals surface area contributed by atoms with Gasteiger partial charge in [-0.15, -0.1) is 0 Å². The van der Waals surface area contributed by atoms with Crippen molar-refractivity contribution in [2.75, 3.05) is 25.9 Å². The fraction of sp³-hybridized carbons (Fsp3) is 0.533. The Kier molecular flexibility index (Phi) is 6.31. The molecule has 1 aromatic carbocycles. The van der Waals surface area contributed by atoms with Crippen LogP contribution in [0.2, 0.25) is 10.0 Å². The maximum Gasteiger partial charge on any atom is 0.224 e. The van der Waals surface area contributed by atoms with E-state index in [1.165, 1.54) is 10.6 Å². The van der Waals surface area contributed by atoms with E-state index in [1.807, 2.05) is 12.1 Å². The molecule has 128 valence electrons. The second kappa shape index (κ2) is 7.83. The lowest BCUT2D eigenvalue weighted by Gasteiger charge is -2.30. The molecule has 23 heavy (non-hydrogen) atoms. The number of piperidine rings is 1. The average Bonchev–Trinajstić information content (AvgIpc) is 2.50. The molecule has 0 saturated carbocycles. The summed E-state index contributed by atoms with van der Waals surface area (Å²) in [7, 11) is -3.24. The van der Waals surface area contributed by atoms with Crippen molar-refractivity contribution in [1.82, 2.24) is 9.62 Å². The summed E-state index contributed by atoms with van der Waals surface area (Å²) in [5, 5.41) is 3.85. The van der Waals surface area contributed by atoms with E-state index in [2.05, 4.69) is 5.32 Å². The van der Waals surface area contributed by atoms with Crippen LogP contribution in [-0.2, 0) is 21.2 Å². The van der Waals surface area contributed by atoms with Crippen LogP contribution in [0.15, 0.2) is 18.2 Å². The van der Waals surface area contributed by atoms with Crippen molar-refractivity contribution in [3.05, 3.63) is 33.8 Å². The molecule has 1 unspecified atom stereocenters. The Labute approximate surface area is 147 Å². The van der Waals surface area contributed by atoms with Crippen LogP contribution in [0.3, 0.4) is 0 Å². The second-order valence-corrected chi connectivity index (χ2v) is 8.48. The second-order valence-electron chi connectivity index (χ2n) is 5.71. The summed E-state index contributed by atoms with van der Waals surface area (Å²) >= 11 is 12.1. The van der Waals surface area contributed by atoms with Crippen LogP contribution in [-0.4, -0.2) is 44.5 Å². The molecule has 0 spiro atoms. The van der Waals surface area contributed by atoms with Gasteiger partial charge in [0.15, 0.2) is 0 Å². The van der Waals surface area contributed by atoms with Gasteiger partial charge in [-0.2, -0.15) is 0 Å². The molecule has 2 rings (SSSR count). The Hall–Kier alpha value is -0.820. The molecular formula is C15H20Cl2N2O3S. The largest absolute Gasteiger partial charge is 0.355 e. The number of carbonyl (C=O) groups excluding carboxylic acids is 1. The van der Waals surface area contributed by atoms with Crippen LogP contribution in [0.5, 0.6) is 0 Å². The quantitative estimate of drug-likeness (QED) is 0.854. The topological polar surface area (TPSA) is 66.5 Å². The summed E-state index contributed by atoms with van der Waals surface area (Å²) in [5.74, 6) is -0.412. The molecule has 1 aromatic rings. The molecule has 1 saturated heterocycles. The van der Waals surface area contributed by atoms with Crippen LogP contribution < -0.4 is 5.32 Å². The molecule has 8 heteroatoms. The van der Waals surface area contributed by atoms with Gasteiger partial charge in [0, 0.05) is 19.6 Å². The number of benzene rings is 1. The minimum absolute atomic E-state index is 0.114. The molecule has 5 nitrogen and oxygen atoms in total. The van der Waals surface area contributed by atoms with E-state index in [0.717, 1.165) is 5.56 Å². The first-order valence-corrected chi connectivity index (χ1v) is 10.0. The van der Waals surface area contributed by atoms with E-state index in [1.54, 1.807) is 6.07 Å². The van der Waals surface area contributed by atoms with Gasteiger partial charge in [-0.05, 0) is 30.9 Å². The average molecular weight is 379 g/mol. The van der Waals surface area contributed by atoms with Gasteiger partial charge < -0.3 is 5.32 Å². The van der Waals surface area contributed by atoms with E-state index < -0.39 is 10.0 Å². The Bertz CT molecular complexity index is 679.